The Morgan fingerprint density at radius 3 is 3.06 bits per heavy atom. The summed E-state index contributed by atoms with van der Waals surface area (Å²) in [4.78, 5) is 10.9. The maximum atomic E-state index is 10.9. The summed E-state index contributed by atoms with van der Waals surface area (Å²) in [6.45, 7) is 3.01. The first-order valence-corrected chi connectivity index (χ1v) is 6.94. The minimum Gasteiger partial charge on any atom is -0.468 e. The highest BCUT2D eigenvalue weighted by Gasteiger charge is 2.05. The van der Waals surface area contributed by atoms with E-state index in [1.54, 1.807) is 0 Å². The number of ether oxygens (including phenoxy) is 1. The monoisotopic (exact) mass is 261 g/mol. The molecule has 0 radical (unpaired) electrons. The van der Waals surface area contributed by atoms with E-state index in [0.29, 0.717) is 11.5 Å². The standard InChI is InChI=1S/C9H15N3O2S2/c1-3-4-10-9-12-11-7(16-9)5-15-6-8(13)14-2/h3-6H2,1-2H3,(H,10,12). The second-order valence-electron chi connectivity index (χ2n) is 3.00. The van der Waals surface area contributed by atoms with E-state index >= 15 is 0 Å². The summed E-state index contributed by atoms with van der Waals surface area (Å²) in [5, 5.41) is 13.0. The molecule has 0 atom stereocenters. The van der Waals surface area contributed by atoms with Crippen molar-refractivity contribution in [1.29, 1.82) is 0 Å². The molecule has 0 saturated carbocycles. The van der Waals surface area contributed by atoms with E-state index in [0.717, 1.165) is 23.1 Å². The van der Waals surface area contributed by atoms with Crippen LogP contribution in [0.1, 0.15) is 18.4 Å². The number of hydrogen-bond acceptors (Lipinski definition) is 7. The van der Waals surface area contributed by atoms with Crippen molar-refractivity contribution < 1.29 is 9.53 Å². The van der Waals surface area contributed by atoms with Crippen LogP contribution in [-0.4, -0.2) is 35.6 Å². The molecular formula is C9H15N3O2S2. The van der Waals surface area contributed by atoms with Gasteiger partial charge in [0.2, 0.25) is 5.13 Å². The molecule has 0 aliphatic carbocycles. The summed E-state index contributed by atoms with van der Waals surface area (Å²) in [6.07, 6.45) is 1.06. The molecule has 1 rings (SSSR count). The van der Waals surface area contributed by atoms with Gasteiger partial charge in [-0.15, -0.1) is 22.0 Å². The quantitative estimate of drug-likeness (QED) is 0.755. The fourth-order valence-electron chi connectivity index (χ4n) is 0.896. The molecule has 0 amide bonds. The third kappa shape index (κ3) is 4.80. The van der Waals surface area contributed by atoms with E-state index < -0.39 is 0 Å². The average molecular weight is 261 g/mol. The largest absolute Gasteiger partial charge is 0.468 e. The lowest BCUT2D eigenvalue weighted by atomic mass is 10.5. The Bertz CT molecular complexity index is 330. The predicted octanol–water partition coefficient (Wildman–Crippen LogP) is 1.77. The number of thioether (sulfide) groups is 1. The van der Waals surface area contributed by atoms with Gasteiger partial charge in [0.1, 0.15) is 5.01 Å². The third-order valence-corrected chi connectivity index (χ3v) is 3.65. The molecule has 0 aliphatic rings. The zero-order valence-corrected chi connectivity index (χ0v) is 11.0. The maximum absolute atomic E-state index is 10.9. The molecule has 0 fully saturated rings. The molecule has 0 bridgehead atoms. The highest BCUT2D eigenvalue weighted by Crippen LogP contribution is 2.20. The summed E-state index contributed by atoms with van der Waals surface area (Å²) in [5.74, 6) is 0.841. The summed E-state index contributed by atoms with van der Waals surface area (Å²) < 4.78 is 4.54. The van der Waals surface area contributed by atoms with Crippen LogP contribution in [0.3, 0.4) is 0 Å². The summed E-state index contributed by atoms with van der Waals surface area (Å²) in [7, 11) is 1.39. The van der Waals surface area contributed by atoms with Crippen LogP contribution in [0.25, 0.3) is 0 Å². The van der Waals surface area contributed by atoms with Crippen LogP contribution in [0.15, 0.2) is 0 Å². The summed E-state index contributed by atoms with van der Waals surface area (Å²) in [5.41, 5.74) is 0. The van der Waals surface area contributed by atoms with Crippen LogP contribution in [0.2, 0.25) is 0 Å². The second-order valence-corrected chi connectivity index (χ2v) is 5.04. The molecule has 0 saturated heterocycles. The van der Waals surface area contributed by atoms with Gasteiger partial charge in [-0.2, -0.15) is 0 Å². The third-order valence-electron chi connectivity index (χ3n) is 1.67. The minimum absolute atomic E-state index is 0.209. The fourth-order valence-corrected chi connectivity index (χ4v) is 2.56. The van der Waals surface area contributed by atoms with Crippen molar-refractivity contribution in [3.8, 4) is 0 Å². The van der Waals surface area contributed by atoms with Crippen molar-refractivity contribution in [2.24, 2.45) is 0 Å². The van der Waals surface area contributed by atoms with Crippen LogP contribution in [0, 0.1) is 0 Å². The highest BCUT2D eigenvalue weighted by atomic mass is 32.2. The smallest absolute Gasteiger partial charge is 0.315 e. The van der Waals surface area contributed by atoms with Crippen molar-refractivity contribution >= 4 is 34.2 Å². The summed E-state index contributed by atoms with van der Waals surface area (Å²) >= 11 is 3.01. The molecule has 1 heterocycles. The molecule has 0 unspecified atom stereocenters. The lowest BCUT2D eigenvalue weighted by Gasteiger charge is -1.97. The average Bonchev–Trinajstić information content (AvgIpc) is 2.74. The van der Waals surface area contributed by atoms with Gasteiger partial charge in [-0.1, -0.05) is 18.3 Å². The molecule has 1 aromatic heterocycles. The zero-order valence-electron chi connectivity index (χ0n) is 9.36. The van der Waals surface area contributed by atoms with Gasteiger partial charge < -0.3 is 10.1 Å². The number of nitrogens with one attached hydrogen (secondary N) is 1. The van der Waals surface area contributed by atoms with Crippen molar-refractivity contribution in [2.45, 2.75) is 19.1 Å². The van der Waals surface area contributed by atoms with Crippen molar-refractivity contribution in [2.75, 3.05) is 24.7 Å². The lowest BCUT2D eigenvalue weighted by Crippen LogP contribution is -2.03. The predicted molar refractivity (Wildman–Crippen MR) is 66.9 cm³/mol. The van der Waals surface area contributed by atoms with E-state index in [1.165, 1.54) is 30.2 Å². The molecule has 0 aromatic carbocycles. The first-order valence-electron chi connectivity index (χ1n) is 4.97. The Morgan fingerprint density at radius 1 is 1.56 bits per heavy atom. The van der Waals surface area contributed by atoms with Gasteiger partial charge in [-0.25, -0.2) is 0 Å². The van der Waals surface area contributed by atoms with Gasteiger partial charge in [-0.05, 0) is 6.42 Å². The number of hydrogen-bond donors (Lipinski definition) is 1. The second kappa shape index (κ2) is 7.45. The zero-order chi connectivity index (χ0) is 11.8. The van der Waals surface area contributed by atoms with Crippen molar-refractivity contribution in [3.05, 3.63) is 5.01 Å². The first kappa shape index (κ1) is 13.2. The van der Waals surface area contributed by atoms with Crippen molar-refractivity contribution in [3.63, 3.8) is 0 Å². The van der Waals surface area contributed by atoms with E-state index in [1.807, 2.05) is 0 Å². The lowest BCUT2D eigenvalue weighted by molar-refractivity contribution is -0.137. The van der Waals surface area contributed by atoms with Crippen molar-refractivity contribution in [1.82, 2.24) is 10.2 Å². The number of methoxy groups -OCH3 is 1. The molecule has 1 N–H and O–H groups in total. The molecule has 90 valence electrons. The molecule has 0 spiro atoms. The van der Waals surface area contributed by atoms with Gasteiger partial charge in [-0.3, -0.25) is 4.79 Å². The van der Waals surface area contributed by atoms with Crippen LogP contribution >= 0.6 is 23.1 Å². The Kier molecular flexibility index (Phi) is 6.17. The molecule has 1 aromatic rings. The van der Waals surface area contributed by atoms with E-state index in [4.69, 9.17) is 0 Å². The maximum Gasteiger partial charge on any atom is 0.315 e. The molecule has 0 aliphatic heterocycles. The normalized spacial score (nSPS) is 10.1. The Morgan fingerprint density at radius 2 is 2.38 bits per heavy atom. The Balaban J connectivity index is 2.26. The van der Waals surface area contributed by atoms with E-state index in [2.05, 4.69) is 27.2 Å². The molecular weight excluding hydrogens is 246 g/mol. The van der Waals surface area contributed by atoms with Crippen LogP contribution in [0.5, 0.6) is 0 Å². The fraction of sp³-hybridized carbons (Fsp3) is 0.667. The Labute approximate surface area is 103 Å². The number of carbonyl (C=O) groups is 1. The molecule has 5 nitrogen and oxygen atoms in total. The van der Waals surface area contributed by atoms with Gasteiger partial charge in [0.25, 0.3) is 0 Å². The number of aromatic nitrogens is 2. The SMILES string of the molecule is CCCNc1nnc(CSCC(=O)OC)s1. The topological polar surface area (TPSA) is 64.1 Å². The number of nitrogens with zero attached hydrogens (tertiary/aromatic N) is 2. The minimum atomic E-state index is -0.209. The van der Waals surface area contributed by atoms with Gasteiger partial charge in [0, 0.05) is 12.3 Å². The van der Waals surface area contributed by atoms with E-state index in [9.17, 15) is 4.79 Å². The van der Waals surface area contributed by atoms with Gasteiger partial charge >= 0.3 is 5.97 Å². The highest BCUT2D eigenvalue weighted by molar-refractivity contribution is 7.99. The van der Waals surface area contributed by atoms with Crippen LogP contribution in [-0.2, 0) is 15.3 Å². The van der Waals surface area contributed by atoms with E-state index in [-0.39, 0.29) is 5.97 Å². The van der Waals surface area contributed by atoms with Gasteiger partial charge in [0.15, 0.2) is 0 Å². The van der Waals surface area contributed by atoms with Crippen LogP contribution in [0.4, 0.5) is 5.13 Å². The first-order chi connectivity index (χ1) is 7.76. The number of carbonyl (C=O) groups excluding carboxylic acids is 1. The molecule has 7 heteroatoms. The number of rotatable bonds is 7. The Hall–Kier alpha value is -0.820. The van der Waals surface area contributed by atoms with Gasteiger partial charge in [0.05, 0.1) is 12.9 Å². The molecule has 16 heavy (non-hydrogen) atoms. The summed E-state index contributed by atoms with van der Waals surface area (Å²) in [6, 6.07) is 0. The number of anilines is 1. The number of esters is 1. The van der Waals surface area contributed by atoms with Crippen LogP contribution < -0.4 is 5.32 Å².